The van der Waals surface area contributed by atoms with E-state index in [-0.39, 0.29) is 5.82 Å². The molecule has 2 nitrogen and oxygen atoms in total. The Hall–Kier alpha value is -2.29. The van der Waals surface area contributed by atoms with Crippen LogP contribution in [0.5, 0.6) is 5.75 Å². The predicted octanol–water partition coefficient (Wildman–Crippen LogP) is 3.89. The number of rotatable bonds is 3. The van der Waals surface area contributed by atoms with Crippen molar-refractivity contribution in [1.29, 1.82) is 0 Å². The van der Waals surface area contributed by atoms with Gasteiger partial charge in [-0.1, -0.05) is 18.2 Å². The number of nitrogens with one attached hydrogen (secondary N) is 1. The van der Waals surface area contributed by atoms with Crippen molar-refractivity contribution in [2.24, 2.45) is 0 Å². The maximum absolute atomic E-state index is 13.1. The normalized spacial score (nSPS) is 10.7. The second kappa shape index (κ2) is 4.53. The zero-order valence-corrected chi connectivity index (χ0v) is 9.69. The van der Waals surface area contributed by atoms with Gasteiger partial charge in [-0.05, 0) is 36.4 Å². The van der Waals surface area contributed by atoms with Crippen molar-refractivity contribution < 1.29 is 9.13 Å². The predicted molar refractivity (Wildman–Crippen MR) is 69.0 cm³/mol. The molecule has 0 aliphatic rings. The van der Waals surface area contributed by atoms with E-state index in [1.54, 1.807) is 6.07 Å². The number of aromatic nitrogens is 1. The minimum Gasteiger partial charge on any atom is -0.487 e. The Bertz CT molecular complexity index is 661. The smallest absolute Gasteiger partial charge is 0.128 e. The van der Waals surface area contributed by atoms with Gasteiger partial charge in [-0.15, -0.1) is 0 Å². The number of hydrogen-bond acceptors (Lipinski definition) is 1. The average Bonchev–Trinajstić information content (AvgIpc) is 2.79. The number of ether oxygens (including phenoxy) is 1. The molecule has 1 aromatic heterocycles. The van der Waals surface area contributed by atoms with Gasteiger partial charge >= 0.3 is 0 Å². The fourth-order valence-electron chi connectivity index (χ4n) is 1.92. The minimum atomic E-state index is -0.225. The molecule has 3 heteroatoms. The monoisotopic (exact) mass is 241 g/mol. The molecule has 0 spiro atoms. The lowest BCUT2D eigenvalue weighted by molar-refractivity contribution is 0.302. The van der Waals surface area contributed by atoms with Gasteiger partial charge in [0, 0.05) is 10.9 Å². The van der Waals surface area contributed by atoms with Crippen LogP contribution in [-0.4, -0.2) is 4.98 Å². The molecule has 1 N–H and O–H groups in total. The quantitative estimate of drug-likeness (QED) is 0.739. The molecule has 0 saturated carbocycles. The molecule has 18 heavy (non-hydrogen) atoms. The lowest BCUT2D eigenvalue weighted by atomic mass is 10.2. The largest absolute Gasteiger partial charge is 0.487 e. The van der Waals surface area contributed by atoms with E-state index in [4.69, 9.17) is 4.74 Å². The van der Waals surface area contributed by atoms with Crippen LogP contribution >= 0.6 is 0 Å². The maximum atomic E-state index is 13.1. The summed E-state index contributed by atoms with van der Waals surface area (Å²) in [6.45, 7) is 0.445. The number of halogens is 1. The zero-order valence-electron chi connectivity index (χ0n) is 9.69. The lowest BCUT2D eigenvalue weighted by Gasteiger charge is -2.03. The summed E-state index contributed by atoms with van der Waals surface area (Å²) in [5, 5.41) is 0.863. The number of aromatic amines is 1. The van der Waals surface area contributed by atoms with Crippen molar-refractivity contribution in [3.8, 4) is 5.75 Å². The molecule has 0 radical (unpaired) electrons. The van der Waals surface area contributed by atoms with Crippen LogP contribution in [0, 0.1) is 5.82 Å². The Balaban J connectivity index is 1.79. The molecule has 3 rings (SSSR count). The fraction of sp³-hybridized carbons (Fsp3) is 0.0667. The van der Waals surface area contributed by atoms with Gasteiger partial charge < -0.3 is 9.72 Å². The van der Waals surface area contributed by atoms with Gasteiger partial charge in [-0.25, -0.2) is 4.39 Å². The Kier molecular flexibility index (Phi) is 2.73. The summed E-state index contributed by atoms with van der Waals surface area (Å²) < 4.78 is 18.7. The highest BCUT2D eigenvalue weighted by atomic mass is 19.1. The molecule has 0 aliphatic heterocycles. The molecule has 0 saturated heterocycles. The van der Waals surface area contributed by atoms with Crippen LogP contribution in [-0.2, 0) is 6.61 Å². The second-order valence-corrected chi connectivity index (χ2v) is 4.13. The van der Waals surface area contributed by atoms with Crippen LogP contribution in [0.3, 0.4) is 0 Å². The number of H-pyrrole nitrogens is 1. The van der Waals surface area contributed by atoms with E-state index in [1.807, 2.05) is 36.4 Å². The van der Waals surface area contributed by atoms with Gasteiger partial charge in [0.05, 0.1) is 5.69 Å². The molecule has 0 bridgehead atoms. The Morgan fingerprint density at radius 2 is 1.83 bits per heavy atom. The molecule has 0 atom stereocenters. The van der Waals surface area contributed by atoms with Crippen molar-refractivity contribution in [3.05, 3.63) is 66.1 Å². The first-order valence-electron chi connectivity index (χ1n) is 5.76. The SMILES string of the molecule is Fc1ccc2[nH]c(COc3ccccc3)cc2c1. The van der Waals surface area contributed by atoms with Gasteiger partial charge in [0.1, 0.15) is 18.2 Å². The third kappa shape index (κ3) is 2.20. The van der Waals surface area contributed by atoms with E-state index in [2.05, 4.69) is 4.98 Å². The summed E-state index contributed by atoms with van der Waals surface area (Å²) >= 11 is 0. The van der Waals surface area contributed by atoms with Crippen LogP contribution in [0.15, 0.2) is 54.6 Å². The highest BCUT2D eigenvalue weighted by molar-refractivity contribution is 5.80. The number of fused-ring (bicyclic) bond motifs is 1. The van der Waals surface area contributed by atoms with Crippen molar-refractivity contribution in [3.63, 3.8) is 0 Å². The van der Waals surface area contributed by atoms with Gasteiger partial charge in [-0.2, -0.15) is 0 Å². The van der Waals surface area contributed by atoms with E-state index in [1.165, 1.54) is 12.1 Å². The lowest BCUT2D eigenvalue weighted by Crippen LogP contribution is -1.94. The number of benzene rings is 2. The molecule has 0 aliphatic carbocycles. The first kappa shape index (κ1) is 10.8. The number of para-hydroxylation sites is 1. The highest BCUT2D eigenvalue weighted by Crippen LogP contribution is 2.18. The van der Waals surface area contributed by atoms with Crippen LogP contribution < -0.4 is 4.74 Å². The van der Waals surface area contributed by atoms with Crippen LogP contribution in [0.1, 0.15) is 5.69 Å². The third-order valence-electron chi connectivity index (χ3n) is 2.78. The fourth-order valence-corrected chi connectivity index (χ4v) is 1.92. The van der Waals surface area contributed by atoms with Crippen LogP contribution in [0.25, 0.3) is 10.9 Å². The highest BCUT2D eigenvalue weighted by Gasteiger charge is 2.02. The summed E-state index contributed by atoms with van der Waals surface area (Å²) in [7, 11) is 0. The third-order valence-corrected chi connectivity index (χ3v) is 2.78. The van der Waals surface area contributed by atoms with Gasteiger partial charge in [0.15, 0.2) is 0 Å². The van der Waals surface area contributed by atoms with Gasteiger partial charge in [-0.3, -0.25) is 0 Å². The van der Waals surface area contributed by atoms with E-state index in [0.717, 1.165) is 22.3 Å². The van der Waals surface area contributed by atoms with Crippen LogP contribution in [0.4, 0.5) is 4.39 Å². The second-order valence-electron chi connectivity index (χ2n) is 4.13. The Morgan fingerprint density at radius 1 is 1.00 bits per heavy atom. The molecule has 0 amide bonds. The van der Waals surface area contributed by atoms with E-state index in [9.17, 15) is 4.39 Å². The van der Waals surface area contributed by atoms with Crippen molar-refractivity contribution in [2.45, 2.75) is 6.61 Å². The molecule has 2 aromatic carbocycles. The first-order chi connectivity index (χ1) is 8.81. The van der Waals surface area contributed by atoms with Crippen molar-refractivity contribution >= 4 is 10.9 Å². The van der Waals surface area contributed by atoms with Crippen molar-refractivity contribution in [2.75, 3.05) is 0 Å². The molecule has 90 valence electrons. The summed E-state index contributed by atoms with van der Waals surface area (Å²) in [4.78, 5) is 3.20. The van der Waals surface area contributed by atoms with Crippen LogP contribution in [0.2, 0.25) is 0 Å². The topological polar surface area (TPSA) is 25.0 Å². The molecular formula is C15H12FNO. The summed E-state index contributed by atoms with van der Waals surface area (Å²) in [6, 6.07) is 16.2. The molecule has 0 fully saturated rings. The Morgan fingerprint density at radius 3 is 2.67 bits per heavy atom. The average molecular weight is 241 g/mol. The summed E-state index contributed by atoms with van der Waals surface area (Å²) in [5.41, 5.74) is 1.85. The molecule has 0 unspecified atom stereocenters. The van der Waals surface area contributed by atoms with Crippen molar-refractivity contribution in [1.82, 2.24) is 4.98 Å². The van der Waals surface area contributed by atoms with E-state index in [0.29, 0.717) is 6.61 Å². The zero-order chi connectivity index (χ0) is 12.4. The molecular weight excluding hydrogens is 229 g/mol. The maximum Gasteiger partial charge on any atom is 0.128 e. The first-order valence-corrected chi connectivity index (χ1v) is 5.76. The number of hydrogen-bond donors (Lipinski definition) is 1. The summed E-state index contributed by atoms with van der Waals surface area (Å²) in [5.74, 6) is 0.597. The minimum absolute atomic E-state index is 0.225. The van der Waals surface area contributed by atoms with E-state index >= 15 is 0 Å². The Labute approximate surface area is 104 Å². The molecule has 1 heterocycles. The van der Waals surface area contributed by atoms with Gasteiger partial charge in [0.2, 0.25) is 0 Å². The summed E-state index contributed by atoms with van der Waals surface area (Å²) in [6.07, 6.45) is 0. The van der Waals surface area contributed by atoms with E-state index < -0.39 is 0 Å². The standard InChI is InChI=1S/C15H12FNO/c16-12-6-7-15-11(8-12)9-13(17-15)10-18-14-4-2-1-3-5-14/h1-9,17H,10H2. The van der Waals surface area contributed by atoms with Gasteiger partial charge in [0.25, 0.3) is 0 Å². The molecule has 3 aromatic rings.